The van der Waals surface area contributed by atoms with Crippen molar-refractivity contribution in [3.05, 3.63) is 57.0 Å². The lowest BCUT2D eigenvalue weighted by molar-refractivity contribution is 0.482. The van der Waals surface area contributed by atoms with E-state index in [2.05, 4.69) is 15.9 Å². The van der Waals surface area contributed by atoms with E-state index in [9.17, 15) is 0 Å². The minimum absolute atomic E-state index is 0.0219. The van der Waals surface area contributed by atoms with Crippen LogP contribution in [0.25, 0.3) is 0 Å². The van der Waals surface area contributed by atoms with Crippen LogP contribution in [0, 0.1) is 6.92 Å². The molecule has 2 nitrogen and oxygen atoms in total. The van der Waals surface area contributed by atoms with Crippen molar-refractivity contribution in [1.82, 2.24) is 0 Å². The number of nitrogens with two attached hydrogens (primary N) is 1. The van der Waals surface area contributed by atoms with Crippen molar-refractivity contribution in [2.45, 2.75) is 19.9 Å². The molecule has 0 fully saturated rings. The Morgan fingerprint density at radius 3 is 2.53 bits per heavy atom. The molecule has 19 heavy (non-hydrogen) atoms. The number of halogens is 2. The summed E-state index contributed by atoms with van der Waals surface area (Å²) in [5.41, 5.74) is 8.01. The lowest BCUT2D eigenvalue weighted by Gasteiger charge is -2.12. The molecule has 1 atom stereocenters. The molecule has 0 aliphatic heterocycles. The molecular weight excluding hydrogens is 326 g/mol. The fraction of sp³-hybridized carbons (Fsp3) is 0.200. The lowest BCUT2D eigenvalue weighted by atomic mass is 10.1. The molecule has 100 valence electrons. The minimum Gasteiger partial charge on any atom is -0.456 e. The molecule has 0 saturated heterocycles. The maximum atomic E-state index is 6.14. The molecule has 0 aliphatic carbocycles. The van der Waals surface area contributed by atoms with Gasteiger partial charge in [0.15, 0.2) is 0 Å². The molecule has 0 spiro atoms. The topological polar surface area (TPSA) is 35.2 Å². The highest BCUT2D eigenvalue weighted by atomic mass is 79.9. The fourth-order valence-corrected chi connectivity index (χ4v) is 2.75. The molecule has 2 rings (SSSR count). The van der Waals surface area contributed by atoms with Crippen LogP contribution in [0.5, 0.6) is 11.5 Å². The Morgan fingerprint density at radius 2 is 1.95 bits per heavy atom. The second kappa shape index (κ2) is 5.95. The Bertz CT molecular complexity index is 599. The Morgan fingerprint density at radius 1 is 1.21 bits per heavy atom. The van der Waals surface area contributed by atoms with Crippen molar-refractivity contribution >= 4 is 27.5 Å². The van der Waals surface area contributed by atoms with Gasteiger partial charge in [-0.2, -0.15) is 0 Å². The fourth-order valence-electron chi connectivity index (χ4n) is 1.76. The van der Waals surface area contributed by atoms with E-state index >= 15 is 0 Å². The van der Waals surface area contributed by atoms with E-state index in [0.717, 1.165) is 21.3 Å². The zero-order chi connectivity index (χ0) is 14.0. The van der Waals surface area contributed by atoms with Crippen LogP contribution in [0.4, 0.5) is 0 Å². The van der Waals surface area contributed by atoms with E-state index in [4.69, 9.17) is 22.1 Å². The number of ether oxygens (including phenoxy) is 1. The van der Waals surface area contributed by atoms with Crippen LogP contribution in [0.15, 0.2) is 40.9 Å². The number of hydrogen-bond acceptors (Lipinski definition) is 2. The number of benzene rings is 2. The van der Waals surface area contributed by atoms with Crippen molar-refractivity contribution in [3.63, 3.8) is 0 Å². The normalized spacial score (nSPS) is 12.3. The summed E-state index contributed by atoms with van der Waals surface area (Å²) in [7, 11) is 0. The molecule has 0 amide bonds. The van der Waals surface area contributed by atoms with Crippen molar-refractivity contribution < 1.29 is 4.74 Å². The van der Waals surface area contributed by atoms with Crippen LogP contribution in [0.2, 0.25) is 5.02 Å². The highest BCUT2D eigenvalue weighted by molar-refractivity contribution is 9.10. The van der Waals surface area contributed by atoms with Crippen LogP contribution in [-0.2, 0) is 0 Å². The van der Waals surface area contributed by atoms with Crippen LogP contribution >= 0.6 is 27.5 Å². The van der Waals surface area contributed by atoms with Gasteiger partial charge in [-0.1, -0.05) is 39.7 Å². The van der Waals surface area contributed by atoms with Gasteiger partial charge in [0.1, 0.15) is 11.5 Å². The molecule has 4 heteroatoms. The predicted molar refractivity (Wildman–Crippen MR) is 83.0 cm³/mol. The third-order valence-corrected chi connectivity index (χ3v) is 3.76. The van der Waals surface area contributed by atoms with E-state index in [-0.39, 0.29) is 6.04 Å². The first-order chi connectivity index (χ1) is 8.97. The smallest absolute Gasteiger partial charge is 0.146 e. The van der Waals surface area contributed by atoms with Gasteiger partial charge >= 0.3 is 0 Å². The Balaban J connectivity index is 2.26. The van der Waals surface area contributed by atoms with Crippen LogP contribution in [-0.4, -0.2) is 0 Å². The third-order valence-electron chi connectivity index (χ3n) is 2.78. The quantitative estimate of drug-likeness (QED) is 0.831. The van der Waals surface area contributed by atoms with Gasteiger partial charge in [0.05, 0.1) is 5.02 Å². The summed E-state index contributed by atoms with van der Waals surface area (Å²) in [4.78, 5) is 0. The average molecular weight is 341 g/mol. The first-order valence-electron chi connectivity index (χ1n) is 5.96. The van der Waals surface area contributed by atoms with Gasteiger partial charge in [-0.05, 0) is 49.2 Å². The zero-order valence-electron chi connectivity index (χ0n) is 10.8. The summed E-state index contributed by atoms with van der Waals surface area (Å²) >= 11 is 9.64. The molecule has 0 aliphatic rings. The van der Waals surface area contributed by atoms with E-state index in [1.165, 1.54) is 0 Å². The van der Waals surface area contributed by atoms with Gasteiger partial charge in [-0.25, -0.2) is 0 Å². The Labute approximate surface area is 126 Å². The maximum absolute atomic E-state index is 6.14. The molecule has 0 heterocycles. The zero-order valence-corrected chi connectivity index (χ0v) is 13.1. The number of hydrogen-bond donors (Lipinski definition) is 1. The summed E-state index contributed by atoms with van der Waals surface area (Å²) in [6, 6.07) is 11.4. The highest BCUT2D eigenvalue weighted by Gasteiger charge is 2.08. The first-order valence-corrected chi connectivity index (χ1v) is 7.13. The van der Waals surface area contributed by atoms with Gasteiger partial charge < -0.3 is 10.5 Å². The van der Waals surface area contributed by atoms with Gasteiger partial charge in [-0.3, -0.25) is 0 Å². The molecule has 2 N–H and O–H groups in total. The van der Waals surface area contributed by atoms with Crippen molar-refractivity contribution in [3.8, 4) is 11.5 Å². The molecule has 0 radical (unpaired) electrons. The highest BCUT2D eigenvalue weighted by Crippen LogP contribution is 2.33. The predicted octanol–water partition coefficient (Wildman–Crippen LogP) is 5.22. The minimum atomic E-state index is -0.0219. The molecule has 0 unspecified atom stereocenters. The van der Waals surface area contributed by atoms with Crippen molar-refractivity contribution in [1.29, 1.82) is 0 Å². The molecule has 2 aromatic rings. The summed E-state index contributed by atoms with van der Waals surface area (Å²) in [6.45, 7) is 3.93. The summed E-state index contributed by atoms with van der Waals surface area (Å²) in [6.07, 6.45) is 0. The van der Waals surface area contributed by atoms with E-state index in [1.807, 2.05) is 50.2 Å². The summed E-state index contributed by atoms with van der Waals surface area (Å²) in [5, 5.41) is 0.604. The van der Waals surface area contributed by atoms with Crippen LogP contribution in [0.3, 0.4) is 0 Å². The average Bonchev–Trinajstić information content (AvgIpc) is 2.32. The lowest BCUT2D eigenvalue weighted by Crippen LogP contribution is -2.05. The van der Waals surface area contributed by atoms with Crippen LogP contribution in [0.1, 0.15) is 24.1 Å². The molecular formula is C15H15BrClNO. The summed E-state index contributed by atoms with van der Waals surface area (Å²) in [5.74, 6) is 1.37. The maximum Gasteiger partial charge on any atom is 0.146 e. The summed E-state index contributed by atoms with van der Waals surface area (Å²) < 4.78 is 6.71. The molecule has 2 aromatic carbocycles. The van der Waals surface area contributed by atoms with Crippen molar-refractivity contribution in [2.75, 3.05) is 0 Å². The van der Waals surface area contributed by atoms with Gasteiger partial charge in [-0.15, -0.1) is 0 Å². The largest absolute Gasteiger partial charge is 0.456 e. The molecule has 0 bridgehead atoms. The van der Waals surface area contributed by atoms with Gasteiger partial charge in [0.2, 0.25) is 0 Å². The standard InChI is InChI=1S/C15H15BrClNO/c1-9-3-6-15(14(17)7-9)19-11-4-5-12(10(2)18)13(16)8-11/h3-8,10H,18H2,1-2H3/t10-/m1/s1. The molecule has 0 aromatic heterocycles. The first kappa shape index (κ1) is 14.4. The number of aryl methyl sites for hydroxylation is 1. The van der Waals surface area contributed by atoms with Crippen molar-refractivity contribution in [2.24, 2.45) is 5.73 Å². The van der Waals surface area contributed by atoms with Crippen LogP contribution < -0.4 is 10.5 Å². The second-order valence-electron chi connectivity index (χ2n) is 4.51. The molecule has 0 saturated carbocycles. The van der Waals surface area contributed by atoms with E-state index < -0.39 is 0 Å². The van der Waals surface area contributed by atoms with Gasteiger partial charge in [0.25, 0.3) is 0 Å². The van der Waals surface area contributed by atoms with Gasteiger partial charge in [0, 0.05) is 10.5 Å². The second-order valence-corrected chi connectivity index (χ2v) is 5.77. The van der Waals surface area contributed by atoms with E-state index in [1.54, 1.807) is 0 Å². The monoisotopic (exact) mass is 339 g/mol. The SMILES string of the molecule is Cc1ccc(Oc2ccc([C@@H](C)N)c(Br)c2)c(Cl)c1. The third kappa shape index (κ3) is 3.50. The number of rotatable bonds is 3. The Hall–Kier alpha value is -1.03. The van der Waals surface area contributed by atoms with E-state index in [0.29, 0.717) is 10.8 Å². The Kier molecular flexibility index (Phi) is 4.50.